The normalized spacial score (nSPS) is 25.7. The minimum absolute atomic E-state index is 0.00849. The molecule has 5 heteroatoms. The Labute approximate surface area is 162 Å². The van der Waals surface area contributed by atoms with Crippen molar-refractivity contribution in [3.8, 4) is 0 Å². The van der Waals surface area contributed by atoms with Gasteiger partial charge < -0.3 is 10.1 Å². The molecule has 27 heavy (non-hydrogen) atoms. The molecule has 2 atom stereocenters. The van der Waals surface area contributed by atoms with Crippen LogP contribution in [0.5, 0.6) is 0 Å². The van der Waals surface area contributed by atoms with Crippen molar-refractivity contribution >= 4 is 0 Å². The standard InChI is InChI=1S/C22H32N4O/c1-3-23-19-15-21(18-7-5-4-6-8-18)27-22(16-19)10-13-26(14-11-22)17-20-9-12-24-25(20)2/h4-9,12,19,21,23H,3,10-11,13-17H2,1-2H3/t19-,21-/m0/s1. The molecular formula is C22H32N4O. The molecule has 1 aromatic carbocycles. The highest BCUT2D eigenvalue weighted by atomic mass is 16.5. The lowest BCUT2D eigenvalue weighted by molar-refractivity contribution is -0.164. The number of rotatable bonds is 5. The highest BCUT2D eigenvalue weighted by molar-refractivity contribution is 5.19. The van der Waals surface area contributed by atoms with Gasteiger partial charge in [0.15, 0.2) is 0 Å². The molecule has 2 saturated heterocycles. The Morgan fingerprint density at radius 1 is 1.19 bits per heavy atom. The zero-order valence-electron chi connectivity index (χ0n) is 16.6. The molecule has 1 spiro atoms. The molecule has 0 saturated carbocycles. The van der Waals surface area contributed by atoms with Crippen molar-refractivity contribution in [1.82, 2.24) is 20.0 Å². The van der Waals surface area contributed by atoms with E-state index in [1.807, 2.05) is 17.9 Å². The van der Waals surface area contributed by atoms with E-state index in [1.165, 1.54) is 11.3 Å². The van der Waals surface area contributed by atoms with Gasteiger partial charge in [-0.3, -0.25) is 9.58 Å². The average molecular weight is 369 g/mol. The molecular weight excluding hydrogens is 336 g/mol. The monoisotopic (exact) mass is 368 g/mol. The Balaban J connectivity index is 1.44. The van der Waals surface area contributed by atoms with Crippen molar-refractivity contribution in [2.75, 3.05) is 19.6 Å². The molecule has 1 aromatic heterocycles. The molecule has 0 bridgehead atoms. The fourth-order valence-corrected chi connectivity index (χ4v) is 4.73. The SMILES string of the molecule is CCN[C@H]1C[C@@H](c2ccccc2)OC2(CCN(Cc3ccnn3C)CC2)C1. The molecule has 0 radical (unpaired) electrons. The number of likely N-dealkylation sites (tertiary alicyclic amines) is 1. The Morgan fingerprint density at radius 3 is 2.63 bits per heavy atom. The second-order valence-electron chi connectivity index (χ2n) is 8.12. The number of hydrogen-bond acceptors (Lipinski definition) is 4. The highest BCUT2D eigenvalue weighted by Gasteiger charge is 2.43. The molecule has 5 nitrogen and oxygen atoms in total. The summed E-state index contributed by atoms with van der Waals surface area (Å²) in [4.78, 5) is 2.54. The van der Waals surface area contributed by atoms with Crippen molar-refractivity contribution in [1.29, 1.82) is 0 Å². The molecule has 4 rings (SSSR count). The minimum Gasteiger partial charge on any atom is -0.367 e. The number of aromatic nitrogens is 2. The summed E-state index contributed by atoms with van der Waals surface area (Å²) in [5.74, 6) is 0. The van der Waals surface area contributed by atoms with Crippen LogP contribution in [0.25, 0.3) is 0 Å². The Kier molecular flexibility index (Phi) is 5.62. The Morgan fingerprint density at radius 2 is 1.96 bits per heavy atom. The summed E-state index contributed by atoms with van der Waals surface area (Å²) in [6.07, 6.45) is 6.50. The maximum absolute atomic E-state index is 6.80. The van der Waals surface area contributed by atoms with Crippen LogP contribution in [-0.4, -0.2) is 46.0 Å². The highest BCUT2D eigenvalue weighted by Crippen LogP contribution is 2.43. The van der Waals surface area contributed by atoms with Crippen molar-refractivity contribution < 1.29 is 4.74 Å². The number of benzene rings is 1. The van der Waals surface area contributed by atoms with Crippen LogP contribution in [0, 0.1) is 0 Å². The molecule has 3 heterocycles. The van der Waals surface area contributed by atoms with Gasteiger partial charge in [0, 0.05) is 38.9 Å². The van der Waals surface area contributed by atoms with Gasteiger partial charge in [-0.25, -0.2) is 0 Å². The van der Waals surface area contributed by atoms with Crippen LogP contribution in [0.3, 0.4) is 0 Å². The van der Waals surface area contributed by atoms with Crippen molar-refractivity contribution in [2.24, 2.45) is 7.05 Å². The van der Waals surface area contributed by atoms with Gasteiger partial charge in [-0.15, -0.1) is 0 Å². The molecule has 0 amide bonds. The second kappa shape index (κ2) is 8.13. The quantitative estimate of drug-likeness (QED) is 0.879. The van der Waals surface area contributed by atoms with E-state index in [1.54, 1.807) is 0 Å². The van der Waals surface area contributed by atoms with Gasteiger partial charge in [0.05, 0.1) is 17.4 Å². The molecule has 2 aliphatic heterocycles. The van der Waals surface area contributed by atoms with Crippen LogP contribution in [0.15, 0.2) is 42.6 Å². The number of hydrogen-bond donors (Lipinski definition) is 1. The number of ether oxygens (including phenoxy) is 1. The van der Waals surface area contributed by atoms with Gasteiger partial charge in [-0.1, -0.05) is 37.3 Å². The first-order chi connectivity index (χ1) is 13.2. The summed E-state index contributed by atoms with van der Waals surface area (Å²) in [5, 5.41) is 8.00. The molecule has 2 aliphatic rings. The van der Waals surface area contributed by atoms with Crippen LogP contribution >= 0.6 is 0 Å². The Hall–Kier alpha value is -1.69. The predicted molar refractivity (Wildman–Crippen MR) is 107 cm³/mol. The number of piperidine rings is 1. The summed E-state index contributed by atoms with van der Waals surface area (Å²) in [7, 11) is 2.02. The molecule has 0 aliphatic carbocycles. The van der Waals surface area contributed by atoms with Crippen molar-refractivity contribution in [3.63, 3.8) is 0 Å². The summed E-state index contributed by atoms with van der Waals surface area (Å²) in [6.45, 7) is 6.38. The van der Waals surface area contributed by atoms with Crippen LogP contribution < -0.4 is 5.32 Å². The van der Waals surface area contributed by atoms with Crippen molar-refractivity contribution in [3.05, 3.63) is 53.9 Å². The molecule has 146 valence electrons. The van der Waals surface area contributed by atoms with E-state index in [-0.39, 0.29) is 11.7 Å². The van der Waals surface area contributed by atoms with Crippen molar-refractivity contribution in [2.45, 2.75) is 56.9 Å². The average Bonchev–Trinajstić information content (AvgIpc) is 3.09. The van der Waals surface area contributed by atoms with Gasteiger partial charge in [0.2, 0.25) is 0 Å². The third-order valence-corrected chi connectivity index (χ3v) is 6.25. The van der Waals surface area contributed by atoms with Crippen LogP contribution in [0.2, 0.25) is 0 Å². The lowest BCUT2D eigenvalue weighted by Gasteiger charge is -2.49. The second-order valence-corrected chi connectivity index (χ2v) is 8.12. The third-order valence-electron chi connectivity index (χ3n) is 6.25. The first kappa shape index (κ1) is 18.7. The topological polar surface area (TPSA) is 42.3 Å². The minimum atomic E-state index is 0.00849. The molecule has 2 aromatic rings. The number of aryl methyl sites for hydroxylation is 1. The zero-order chi connectivity index (χ0) is 18.7. The summed E-state index contributed by atoms with van der Waals surface area (Å²) in [5.41, 5.74) is 2.61. The zero-order valence-corrected chi connectivity index (χ0v) is 16.6. The lowest BCUT2D eigenvalue weighted by Crippen LogP contribution is -2.53. The summed E-state index contributed by atoms with van der Waals surface area (Å²) < 4.78 is 8.78. The van der Waals surface area contributed by atoms with Gasteiger partial charge in [-0.05, 0) is 43.9 Å². The van der Waals surface area contributed by atoms with Gasteiger partial charge in [-0.2, -0.15) is 5.10 Å². The smallest absolute Gasteiger partial charge is 0.0847 e. The Bertz CT molecular complexity index is 721. The first-order valence-electron chi connectivity index (χ1n) is 10.3. The maximum Gasteiger partial charge on any atom is 0.0847 e. The summed E-state index contributed by atoms with van der Waals surface area (Å²) >= 11 is 0. The van der Waals surface area contributed by atoms with Crippen LogP contribution in [0.1, 0.15) is 50.0 Å². The van der Waals surface area contributed by atoms with Gasteiger partial charge in [0.1, 0.15) is 0 Å². The fraction of sp³-hybridized carbons (Fsp3) is 0.591. The van der Waals surface area contributed by atoms with E-state index in [9.17, 15) is 0 Å². The van der Waals surface area contributed by atoms with Crippen LogP contribution in [0.4, 0.5) is 0 Å². The fourth-order valence-electron chi connectivity index (χ4n) is 4.73. The van der Waals surface area contributed by atoms with Crippen LogP contribution in [-0.2, 0) is 18.3 Å². The van der Waals surface area contributed by atoms with E-state index < -0.39 is 0 Å². The van der Waals surface area contributed by atoms with E-state index >= 15 is 0 Å². The lowest BCUT2D eigenvalue weighted by atomic mass is 9.79. The van der Waals surface area contributed by atoms with Gasteiger partial charge in [0.25, 0.3) is 0 Å². The van der Waals surface area contributed by atoms with E-state index in [2.05, 4.69) is 58.6 Å². The molecule has 0 unspecified atom stereocenters. The van der Waals surface area contributed by atoms with E-state index in [0.29, 0.717) is 6.04 Å². The van der Waals surface area contributed by atoms with E-state index in [0.717, 1.165) is 51.9 Å². The maximum atomic E-state index is 6.80. The van der Waals surface area contributed by atoms with Gasteiger partial charge >= 0.3 is 0 Å². The van der Waals surface area contributed by atoms with E-state index in [4.69, 9.17) is 4.74 Å². The summed E-state index contributed by atoms with van der Waals surface area (Å²) in [6, 6.07) is 13.4. The number of nitrogens with zero attached hydrogens (tertiary/aromatic N) is 3. The predicted octanol–water partition coefficient (Wildman–Crippen LogP) is 3.28. The first-order valence-corrected chi connectivity index (χ1v) is 10.3. The third kappa shape index (κ3) is 4.26. The molecule has 2 fully saturated rings. The molecule has 1 N–H and O–H groups in total. The largest absolute Gasteiger partial charge is 0.367 e. The number of nitrogens with one attached hydrogen (secondary N) is 1.